The van der Waals surface area contributed by atoms with Gasteiger partial charge in [0.05, 0.1) is 24.3 Å². The van der Waals surface area contributed by atoms with Crippen LogP contribution >= 0.6 is 27.3 Å². The molecule has 4 heterocycles. The van der Waals surface area contributed by atoms with Crippen LogP contribution in [0.1, 0.15) is 17.7 Å². The van der Waals surface area contributed by atoms with Crippen molar-refractivity contribution < 1.29 is 4.74 Å². The van der Waals surface area contributed by atoms with Crippen LogP contribution in [0.25, 0.3) is 11.0 Å². The largest absolute Gasteiger partial charge is 0.495 e. The predicted octanol–water partition coefficient (Wildman–Crippen LogP) is 3.48. The Kier molecular flexibility index (Phi) is 6.64. The van der Waals surface area contributed by atoms with Crippen molar-refractivity contribution in [3.8, 4) is 5.75 Å². The predicted molar refractivity (Wildman–Crippen MR) is 121 cm³/mol. The Bertz CT molecular complexity index is 1030. The first kappa shape index (κ1) is 20.5. The number of aromatic nitrogens is 2. The number of methoxy groups -OCH3 is 1. The third kappa shape index (κ3) is 5.06. The topological polar surface area (TPSA) is 59.4 Å². The van der Waals surface area contributed by atoms with Crippen molar-refractivity contribution in [1.82, 2.24) is 19.8 Å². The van der Waals surface area contributed by atoms with E-state index in [1.165, 1.54) is 4.88 Å². The Hall–Kier alpha value is -1.74. The van der Waals surface area contributed by atoms with Crippen molar-refractivity contribution in [1.29, 1.82) is 0 Å². The fourth-order valence-corrected chi connectivity index (χ4v) is 5.19. The average molecular weight is 477 g/mol. The number of ether oxygens (including phenoxy) is 1. The number of halogens is 1. The van der Waals surface area contributed by atoms with Gasteiger partial charge in [-0.3, -0.25) is 9.78 Å². The van der Waals surface area contributed by atoms with Gasteiger partial charge in [-0.15, -0.1) is 11.3 Å². The maximum Gasteiger partial charge on any atom is 0.251 e. The number of likely N-dealkylation sites (tertiary alicyclic amines) is 1. The zero-order valence-corrected chi connectivity index (χ0v) is 18.8. The Morgan fingerprint density at radius 2 is 2.10 bits per heavy atom. The Morgan fingerprint density at radius 3 is 2.83 bits per heavy atom. The summed E-state index contributed by atoms with van der Waals surface area (Å²) in [6, 6.07) is 8.00. The Balaban J connectivity index is 1.32. The quantitative estimate of drug-likeness (QED) is 0.565. The highest BCUT2D eigenvalue weighted by Crippen LogP contribution is 2.20. The van der Waals surface area contributed by atoms with Gasteiger partial charge in [-0.1, -0.05) is 0 Å². The minimum Gasteiger partial charge on any atom is -0.495 e. The van der Waals surface area contributed by atoms with Crippen molar-refractivity contribution in [2.45, 2.75) is 32.0 Å². The fraction of sp³-hybridized carbons (Fsp3) is 0.429. The molecule has 0 aromatic carbocycles. The highest BCUT2D eigenvalue weighted by atomic mass is 79.9. The summed E-state index contributed by atoms with van der Waals surface area (Å²) in [6.07, 6.45) is 3.95. The average Bonchev–Trinajstić information content (AvgIpc) is 3.17. The van der Waals surface area contributed by atoms with Crippen LogP contribution in [0.3, 0.4) is 0 Å². The molecule has 0 bridgehead atoms. The van der Waals surface area contributed by atoms with E-state index < -0.39 is 0 Å². The first-order chi connectivity index (χ1) is 14.1. The van der Waals surface area contributed by atoms with Crippen LogP contribution < -0.4 is 15.6 Å². The SMILES string of the molecule is COc1cnc2ccc(=O)n(CCN3CCC(NCc4cc(Br)cs4)CC3)c2c1. The van der Waals surface area contributed by atoms with E-state index in [0.29, 0.717) is 18.3 Å². The van der Waals surface area contributed by atoms with Gasteiger partial charge in [0.25, 0.3) is 5.56 Å². The molecule has 29 heavy (non-hydrogen) atoms. The fourth-order valence-electron chi connectivity index (χ4n) is 3.78. The van der Waals surface area contributed by atoms with Gasteiger partial charge in [0.15, 0.2) is 0 Å². The minimum absolute atomic E-state index is 0.00575. The molecule has 1 aliphatic rings. The molecule has 0 saturated carbocycles. The second kappa shape index (κ2) is 9.38. The molecule has 0 radical (unpaired) electrons. The number of fused-ring (bicyclic) bond motifs is 1. The summed E-state index contributed by atoms with van der Waals surface area (Å²) in [5, 5.41) is 5.80. The summed E-state index contributed by atoms with van der Waals surface area (Å²) < 4.78 is 8.25. The minimum atomic E-state index is 0.00575. The van der Waals surface area contributed by atoms with E-state index >= 15 is 0 Å². The highest BCUT2D eigenvalue weighted by Gasteiger charge is 2.19. The van der Waals surface area contributed by atoms with Gasteiger partial charge in [0.2, 0.25) is 0 Å². The Morgan fingerprint density at radius 1 is 1.28 bits per heavy atom. The molecular weight excluding hydrogens is 452 g/mol. The second-order valence-corrected chi connectivity index (χ2v) is 9.24. The van der Waals surface area contributed by atoms with Gasteiger partial charge in [-0.05, 0) is 54.0 Å². The smallest absolute Gasteiger partial charge is 0.251 e. The summed E-state index contributed by atoms with van der Waals surface area (Å²) in [5.74, 6) is 0.668. The molecule has 1 aliphatic heterocycles. The van der Waals surface area contributed by atoms with Crippen LogP contribution in [-0.2, 0) is 13.1 Å². The molecule has 0 atom stereocenters. The number of hydrogen-bond donors (Lipinski definition) is 1. The van der Waals surface area contributed by atoms with E-state index in [9.17, 15) is 4.79 Å². The molecule has 8 heteroatoms. The van der Waals surface area contributed by atoms with Crippen molar-refractivity contribution in [2.75, 3.05) is 26.7 Å². The number of hydrogen-bond acceptors (Lipinski definition) is 6. The van der Waals surface area contributed by atoms with E-state index in [-0.39, 0.29) is 5.56 Å². The number of piperidine rings is 1. The van der Waals surface area contributed by atoms with Crippen molar-refractivity contribution >= 4 is 38.3 Å². The lowest BCUT2D eigenvalue weighted by Gasteiger charge is -2.32. The van der Waals surface area contributed by atoms with E-state index in [1.807, 2.05) is 10.6 Å². The standard InChI is InChI=1S/C21H25BrN4O2S/c1-28-17-11-20-19(24-12-17)2-3-21(27)26(20)9-8-25-6-4-16(5-7-25)23-13-18-10-15(22)14-29-18/h2-3,10-12,14,16,23H,4-9,13H2,1H3. The van der Waals surface area contributed by atoms with E-state index in [4.69, 9.17) is 4.74 Å². The normalized spacial score (nSPS) is 15.8. The second-order valence-electron chi connectivity index (χ2n) is 7.33. The molecule has 4 rings (SSSR count). The molecular formula is C21H25BrN4O2S. The van der Waals surface area contributed by atoms with Gasteiger partial charge in [0.1, 0.15) is 5.75 Å². The van der Waals surface area contributed by atoms with E-state index in [0.717, 1.165) is 54.5 Å². The summed E-state index contributed by atoms with van der Waals surface area (Å²) in [5.41, 5.74) is 1.65. The van der Waals surface area contributed by atoms with Gasteiger partial charge >= 0.3 is 0 Å². The number of nitrogens with one attached hydrogen (secondary N) is 1. The van der Waals surface area contributed by atoms with Gasteiger partial charge in [0, 0.05) is 52.5 Å². The summed E-state index contributed by atoms with van der Waals surface area (Å²) in [4.78, 5) is 20.6. The molecule has 154 valence electrons. The van der Waals surface area contributed by atoms with E-state index in [2.05, 4.69) is 42.6 Å². The van der Waals surface area contributed by atoms with Gasteiger partial charge < -0.3 is 19.5 Å². The maximum absolute atomic E-state index is 12.4. The lowest BCUT2D eigenvalue weighted by atomic mass is 10.1. The van der Waals surface area contributed by atoms with Crippen LogP contribution in [0.15, 0.2) is 45.1 Å². The molecule has 1 N–H and O–H groups in total. The van der Waals surface area contributed by atoms with Crippen LogP contribution in [0.5, 0.6) is 5.75 Å². The summed E-state index contributed by atoms with van der Waals surface area (Å²) in [7, 11) is 1.61. The summed E-state index contributed by atoms with van der Waals surface area (Å²) in [6.45, 7) is 4.55. The summed E-state index contributed by atoms with van der Waals surface area (Å²) >= 11 is 5.29. The third-order valence-corrected chi connectivity index (χ3v) is 7.16. The third-order valence-electron chi connectivity index (χ3n) is 5.46. The van der Waals surface area contributed by atoms with Crippen molar-refractivity contribution in [3.63, 3.8) is 0 Å². The molecule has 0 amide bonds. The molecule has 3 aromatic heterocycles. The van der Waals surface area contributed by atoms with E-state index in [1.54, 1.807) is 36.8 Å². The number of pyridine rings is 2. The number of nitrogens with zero attached hydrogens (tertiary/aromatic N) is 3. The van der Waals surface area contributed by atoms with Crippen LogP contribution in [0.4, 0.5) is 0 Å². The zero-order valence-electron chi connectivity index (χ0n) is 16.4. The molecule has 0 unspecified atom stereocenters. The molecule has 0 aliphatic carbocycles. The molecule has 1 saturated heterocycles. The van der Waals surface area contributed by atoms with Gasteiger partial charge in [-0.2, -0.15) is 0 Å². The Labute approximate surface area is 182 Å². The lowest BCUT2D eigenvalue weighted by Crippen LogP contribution is -2.43. The zero-order chi connectivity index (χ0) is 20.2. The maximum atomic E-state index is 12.4. The van der Waals surface area contributed by atoms with Crippen LogP contribution in [-0.4, -0.2) is 47.2 Å². The van der Waals surface area contributed by atoms with Crippen LogP contribution in [0, 0.1) is 0 Å². The first-order valence-electron chi connectivity index (χ1n) is 9.84. The highest BCUT2D eigenvalue weighted by molar-refractivity contribution is 9.10. The number of rotatable bonds is 7. The van der Waals surface area contributed by atoms with Crippen molar-refractivity contribution in [2.24, 2.45) is 0 Å². The van der Waals surface area contributed by atoms with Crippen LogP contribution in [0.2, 0.25) is 0 Å². The number of thiophene rings is 1. The molecule has 6 nitrogen and oxygen atoms in total. The van der Waals surface area contributed by atoms with Gasteiger partial charge in [-0.25, -0.2) is 0 Å². The lowest BCUT2D eigenvalue weighted by molar-refractivity contribution is 0.191. The van der Waals surface area contributed by atoms with Crippen molar-refractivity contribution in [3.05, 3.63) is 55.5 Å². The molecule has 3 aromatic rings. The first-order valence-corrected chi connectivity index (χ1v) is 11.5. The molecule has 0 spiro atoms. The monoisotopic (exact) mass is 476 g/mol. The molecule has 1 fully saturated rings.